The molecule has 7 heteroatoms. The average molecular weight is 280 g/mol. The standard InChI is InChI=1S/C13H20N4O3/c1-15-4-6-16(7-5-15)8-9-20-13-10-11(14)2-3-12(13)17(18)19/h2-3,10H,4-9,14H2,1H3. The van der Waals surface area contributed by atoms with E-state index in [9.17, 15) is 10.1 Å². The van der Waals surface area contributed by atoms with Gasteiger partial charge in [-0.2, -0.15) is 0 Å². The third-order valence-corrected chi connectivity index (χ3v) is 3.44. The Bertz CT molecular complexity index is 473. The Hall–Kier alpha value is -1.86. The minimum absolute atomic E-state index is 0.0439. The van der Waals surface area contributed by atoms with Gasteiger partial charge in [-0.15, -0.1) is 0 Å². The normalized spacial score (nSPS) is 17.1. The first-order valence-electron chi connectivity index (χ1n) is 6.64. The number of anilines is 1. The summed E-state index contributed by atoms with van der Waals surface area (Å²) < 4.78 is 5.53. The van der Waals surface area contributed by atoms with E-state index in [1.54, 1.807) is 0 Å². The van der Waals surface area contributed by atoms with Crippen LogP contribution in [-0.4, -0.2) is 61.1 Å². The zero-order valence-electron chi connectivity index (χ0n) is 11.6. The molecule has 0 amide bonds. The van der Waals surface area contributed by atoms with Crippen molar-refractivity contribution in [3.05, 3.63) is 28.3 Å². The second-order valence-corrected chi connectivity index (χ2v) is 4.98. The second kappa shape index (κ2) is 6.53. The van der Waals surface area contributed by atoms with Gasteiger partial charge in [-0.05, 0) is 13.1 Å². The van der Waals surface area contributed by atoms with E-state index in [0.717, 1.165) is 32.7 Å². The number of likely N-dealkylation sites (N-methyl/N-ethyl adjacent to an activating group) is 1. The topological polar surface area (TPSA) is 84.9 Å². The SMILES string of the molecule is CN1CCN(CCOc2cc(N)ccc2[N+](=O)[O-])CC1. The first kappa shape index (κ1) is 14.5. The number of nitro groups is 1. The number of nitrogen functional groups attached to an aromatic ring is 1. The fourth-order valence-corrected chi connectivity index (χ4v) is 2.15. The van der Waals surface area contributed by atoms with Crippen molar-refractivity contribution in [1.82, 2.24) is 9.80 Å². The molecule has 1 fully saturated rings. The van der Waals surface area contributed by atoms with Gasteiger partial charge in [-0.25, -0.2) is 0 Å². The van der Waals surface area contributed by atoms with Gasteiger partial charge in [-0.3, -0.25) is 15.0 Å². The molecular weight excluding hydrogens is 260 g/mol. The van der Waals surface area contributed by atoms with Crippen LogP contribution in [0, 0.1) is 10.1 Å². The fraction of sp³-hybridized carbons (Fsp3) is 0.538. The van der Waals surface area contributed by atoms with Crippen LogP contribution in [0.5, 0.6) is 5.75 Å². The number of piperazine rings is 1. The van der Waals surface area contributed by atoms with Crippen LogP contribution in [0.25, 0.3) is 0 Å². The van der Waals surface area contributed by atoms with Crippen LogP contribution in [0.3, 0.4) is 0 Å². The lowest BCUT2D eigenvalue weighted by molar-refractivity contribution is -0.385. The van der Waals surface area contributed by atoms with Gasteiger partial charge in [0.1, 0.15) is 6.61 Å². The molecule has 0 radical (unpaired) electrons. The molecule has 7 nitrogen and oxygen atoms in total. The predicted molar refractivity (Wildman–Crippen MR) is 76.9 cm³/mol. The Kier molecular flexibility index (Phi) is 4.75. The lowest BCUT2D eigenvalue weighted by Gasteiger charge is -2.32. The summed E-state index contributed by atoms with van der Waals surface area (Å²) in [5.41, 5.74) is 6.06. The quantitative estimate of drug-likeness (QED) is 0.488. The monoisotopic (exact) mass is 280 g/mol. The Morgan fingerprint density at radius 1 is 1.35 bits per heavy atom. The molecule has 0 spiro atoms. The van der Waals surface area contributed by atoms with Gasteiger partial charge in [0.15, 0.2) is 5.75 Å². The van der Waals surface area contributed by atoms with Gasteiger partial charge in [0, 0.05) is 50.5 Å². The summed E-state index contributed by atoms with van der Waals surface area (Å²) in [6.07, 6.45) is 0. The van der Waals surface area contributed by atoms with Crippen molar-refractivity contribution in [1.29, 1.82) is 0 Å². The molecule has 0 saturated carbocycles. The van der Waals surface area contributed by atoms with E-state index in [1.807, 2.05) is 0 Å². The highest BCUT2D eigenvalue weighted by Crippen LogP contribution is 2.28. The van der Waals surface area contributed by atoms with E-state index < -0.39 is 4.92 Å². The number of hydrogen-bond donors (Lipinski definition) is 1. The van der Waals surface area contributed by atoms with Crippen molar-refractivity contribution in [3.8, 4) is 5.75 Å². The van der Waals surface area contributed by atoms with Crippen molar-refractivity contribution in [2.45, 2.75) is 0 Å². The van der Waals surface area contributed by atoms with Gasteiger partial charge in [-0.1, -0.05) is 0 Å². The Morgan fingerprint density at radius 3 is 2.70 bits per heavy atom. The highest BCUT2D eigenvalue weighted by molar-refractivity contribution is 5.55. The molecule has 1 aromatic rings. The summed E-state index contributed by atoms with van der Waals surface area (Å²) >= 11 is 0. The molecule has 0 bridgehead atoms. The van der Waals surface area contributed by atoms with Crippen LogP contribution in [0.4, 0.5) is 11.4 Å². The minimum atomic E-state index is -0.454. The van der Waals surface area contributed by atoms with E-state index in [0.29, 0.717) is 12.3 Å². The Balaban J connectivity index is 1.87. The zero-order valence-corrected chi connectivity index (χ0v) is 11.6. The van der Waals surface area contributed by atoms with Gasteiger partial charge in [0.05, 0.1) is 4.92 Å². The second-order valence-electron chi connectivity index (χ2n) is 4.98. The Morgan fingerprint density at radius 2 is 2.05 bits per heavy atom. The summed E-state index contributed by atoms with van der Waals surface area (Å²) in [6.45, 7) is 5.27. The molecule has 1 aliphatic heterocycles. The molecule has 110 valence electrons. The maximum atomic E-state index is 10.9. The summed E-state index contributed by atoms with van der Waals surface area (Å²) in [5, 5.41) is 10.9. The number of rotatable bonds is 5. The lowest BCUT2D eigenvalue weighted by Crippen LogP contribution is -2.45. The molecule has 0 aromatic heterocycles. The van der Waals surface area contributed by atoms with Crippen molar-refractivity contribution in [3.63, 3.8) is 0 Å². The van der Waals surface area contributed by atoms with Gasteiger partial charge < -0.3 is 15.4 Å². The number of hydrogen-bond acceptors (Lipinski definition) is 6. The molecule has 20 heavy (non-hydrogen) atoms. The number of benzene rings is 1. The van der Waals surface area contributed by atoms with Crippen molar-refractivity contribution in [2.24, 2.45) is 0 Å². The molecule has 2 rings (SSSR count). The number of nitrogens with two attached hydrogens (primary N) is 1. The van der Waals surface area contributed by atoms with E-state index in [-0.39, 0.29) is 11.4 Å². The van der Waals surface area contributed by atoms with Gasteiger partial charge >= 0.3 is 5.69 Å². The molecule has 1 heterocycles. The van der Waals surface area contributed by atoms with E-state index in [1.165, 1.54) is 18.2 Å². The van der Waals surface area contributed by atoms with Crippen LogP contribution in [0.1, 0.15) is 0 Å². The van der Waals surface area contributed by atoms with Crippen LogP contribution in [-0.2, 0) is 0 Å². The zero-order chi connectivity index (χ0) is 14.5. The highest BCUT2D eigenvalue weighted by atomic mass is 16.6. The van der Waals surface area contributed by atoms with E-state index >= 15 is 0 Å². The summed E-state index contributed by atoms with van der Waals surface area (Å²) in [6, 6.07) is 4.38. The molecule has 0 atom stereocenters. The number of nitrogens with zero attached hydrogens (tertiary/aromatic N) is 3. The number of nitro benzene ring substituents is 1. The lowest BCUT2D eigenvalue weighted by atomic mass is 10.2. The minimum Gasteiger partial charge on any atom is -0.485 e. The maximum Gasteiger partial charge on any atom is 0.311 e. The van der Waals surface area contributed by atoms with Crippen LogP contribution < -0.4 is 10.5 Å². The molecule has 0 unspecified atom stereocenters. The van der Waals surface area contributed by atoms with Crippen molar-refractivity contribution in [2.75, 3.05) is 52.1 Å². The molecule has 2 N–H and O–H groups in total. The Labute approximate surface area is 118 Å². The summed E-state index contributed by atoms with van der Waals surface area (Å²) in [4.78, 5) is 15.0. The van der Waals surface area contributed by atoms with Crippen molar-refractivity contribution < 1.29 is 9.66 Å². The molecule has 1 aliphatic rings. The summed E-state index contributed by atoms with van der Waals surface area (Å²) in [7, 11) is 2.10. The van der Waals surface area contributed by atoms with E-state index in [4.69, 9.17) is 10.5 Å². The molecule has 1 aromatic carbocycles. The first-order valence-corrected chi connectivity index (χ1v) is 6.64. The largest absolute Gasteiger partial charge is 0.485 e. The average Bonchev–Trinajstić information content (AvgIpc) is 2.41. The van der Waals surface area contributed by atoms with Crippen molar-refractivity contribution >= 4 is 11.4 Å². The molecule has 0 aliphatic carbocycles. The summed E-state index contributed by atoms with van der Waals surface area (Å²) in [5.74, 6) is 0.240. The highest BCUT2D eigenvalue weighted by Gasteiger charge is 2.17. The van der Waals surface area contributed by atoms with Gasteiger partial charge in [0.25, 0.3) is 0 Å². The van der Waals surface area contributed by atoms with Gasteiger partial charge in [0.2, 0.25) is 0 Å². The molecule has 1 saturated heterocycles. The first-order chi connectivity index (χ1) is 9.56. The molecular formula is C13H20N4O3. The van der Waals surface area contributed by atoms with E-state index in [2.05, 4.69) is 16.8 Å². The third kappa shape index (κ3) is 3.82. The predicted octanol–water partition coefficient (Wildman–Crippen LogP) is 0.803. The fourth-order valence-electron chi connectivity index (χ4n) is 2.15. The van der Waals surface area contributed by atoms with Crippen LogP contribution in [0.2, 0.25) is 0 Å². The van der Waals surface area contributed by atoms with Crippen LogP contribution in [0.15, 0.2) is 18.2 Å². The maximum absolute atomic E-state index is 10.9. The smallest absolute Gasteiger partial charge is 0.311 e. The van der Waals surface area contributed by atoms with Crippen LogP contribution >= 0.6 is 0 Å². The number of ether oxygens (including phenoxy) is 1. The third-order valence-electron chi connectivity index (χ3n) is 3.44.